The molecular weight excluding hydrogens is 162 g/mol. The fourth-order valence-electron chi connectivity index (χ4n) is 1.82. The lowest BCUT2D eigenvalue weighted by atomic mass is 10.0. The van der Waals surface area contributed by atoms with Crippen molar-refractivity contribution in [3.8, 4) is 0 Å². The van der Waals surface area contributed by atoms with Crippen molar-refractivity contribution in [2.75, 3.05) is 6.54 Å². The molecular formula is C11H15NO. The van der Waals surface area contributed by atoms with Gasteiger partial charge in [-0.3, -0.25) is 0 Å². The molecule has 1 saturated heterocycles. The van der Waals surface area contributed by atoms with Gasteiger partial charge >= 0.3 is 0 Å². The van der Waals surface area contributed by atoms with Crippen LogP contribution in [-0.2, 0) is 6.61 Å². The van der Waals surface area contributed by atoms with E-state index in [4.69, 9.17) is 5.11 Å². The molecule has 1 heterocycles. The van der Waals surface area contributed by atoms with Gasteiger partial charge in [0.15, 0.2) is 0 Å². The Morgan fingerprint density at radius 1 is 1.31 bits per heavy atom. The summed E-state index contributed by atoms with van der Waals surface area (Å²) in [5.74, 6) is 0. The minimum Gasteiger partial charge on any atom is -0.392 e. The van der Waals surface area contributed by atoms with Crippen molar-refractivity contribution in [1.82, 2.24) is 5.32 Å². The molecule has 0 aliphatic carbocycles. The van der Waals surface area contributed by atoms with Crippen LogP contribution in [-0.4, -0.2) is 11.7 Å². The van der Waals surface area contributed by atoms with Gasteiger partial charge in [0.05, 0.1) is 6.61 Å². The topological polar surface area (TPSA) is 32.3 Å². The van der Waals surface area contributed by atoms with Crippen molar-refractivity contribution in [3.63, 3.8) is 0 Å². The van der Waals surface area contributed by atoms with Crippen molar-refractivity contribution in [3.05, 3.63) is 35.4 Å². The number of aliphatic hydroxyl groups is 1. The van der Waals surface area contributed by atoms with E-state index in [9.17, 15) is 0 Å². The molecule has 2 N–H and O–H groups in total. The van der Waals surface area contributed by atoms with Gasteiger partial charge in [-0.05, 0) is 30.5 Å². The van der Waals surface area contributed by atoms with E-state index in [0.29, 0.717) is 6.04 Å². The van der Waals surface area contributed by atoms with Gasteiger partial charge in [-0.25, -0.2) is 0 Å². The summed E-state index contributed by atoms with van der Waals surface area (Å²) in [7, 11) is 0. The molecule has 70 valence electrons. The Morgan fingerprint density at radius 3 is 2.62 bits per heavy atom. The average Bonchev–Trinajstić information content (AvgIpc) is 2.71. The number of hydrogen-bond acceptors (Lipinski definition) is 2. The van der Waals surface area contributed by atoms with Crippen molar-refractivity contribution in [2.24, 2.45) is 0 Å². The van der Waals surface area contributed by atoms with Crippen LogP contribution in [0.4, 0.5) is 0 Å². The lowest BCUT2D eigenvalue weighted by Gasteiger charge is -2.10. The van der Waals surface area contributed by atoms with Crippen LogP contribution in [0.3, 0.4) is 0 Å². The third-order valence-electron chi connectivity index (χ3n) is 2.62. The van der Waals surface area contributed by atoms with Crippen LogP contribution in [0, 0.1) is 0 Å². The molecule has 1 aromatic carbocycles. The first kappa shape index (κ1) is 8.73. The highest BCUT2D eigenvalue weighted by Gasteiger charge is 2.15. The lowest BCUT2D eigenvalue weighted by Crippen LogP contribution is -2.12. The number of rotatable bonds is 2. The minimum atomic E-state index is 0.137. The molecule has 0 unspecified atom stereocenters. The summed E-state index contributed by atoms with van der Waals surface area (Å²) in [6.07, 6.45) is 2.50. The first-order chi connectivity index (χ1) is 6.40. The van der Waals surface area contributed by atoms with Crippen LogP contribution in [0.5, 0.6) is 0 Å². The number of benzene rings is 1. The summed E-state index contributed by atoms with van der Waals surface area (Å²) in [6.45, 7) is 1.27. The van der Waals surface area contributed by atoms with Gasteiger partial charge in [0, 0.05) is 6.04 Å². The molecule has 0 amide bonds. The second-order valence-corrected chi connectivity index (χ2v) is 3.55. The van der Waals surface area contributed by atoms with Gasteiger partial charge in [0.25, 0.3) is 0 Å². The second kappa shape index (κ2) is 3.90. The first-order valence-electron chi connectivity index (χ1n) is 4.83. The van der Waals surface area contributed by atoms with Crippen LogP contribution in [0.25, 0.3) is 0 Å². The fourth-order valence-corrected chi connectivity index (χ4v) is 1.82. The van der Waals surface area contributed by atoms with E-state index in [1.165, 1.54) is 18.4 Å². The van der Waals surface area contributed by atoms with Crippen LogP contribution < -0.4 is 5.32 Å². The Balaban J connectivity index is 2.12. The number of hydrogen-bond donors (Lipinski definition) is 2. The van der Waals surface area contributed by atoms with E-state index >= 15 is 0 Å². The maximum absolute atomic E-state index is 8.88. The standard InChI is InChI=1S/C11H15NO/c13-8-9-3-5-10(6-4-9)11-2-1-7-12-11/h3-6,11-13H,1-2,7-8H2/t11-/m1/s1. The summed E-state index contributed by atoms with van der Waals surface area (Å²) in [4.78, 5) is 0. The maximum Gasteiger partial charge on any atom is 0.0681 e. The SMILES string of the molecule is OCc1ccc([C@H]2CCCN2)cc1. The van der Waals surface area contributed by atoms with Crippen LogP contribution in [0.1, 0.15) is 30.0 Å². The van der Waals surface area contributed by atoms with Crippen LogP contribution in [0.15, 0.2) is 24.3 Å². The Kier molecular flexibility index (Phi) is 2.62. The van der Waals surface area contributed by atoms with Gasteiger partial charge in [0.2, 0.25) is 0 Å². The number of aliphatic hydroxyl groups excluding tert-OH is 1. The second-order valence-electron chi connectivity index (χ2n) is 3.55. The van der Waals surface area contributed by atoms with E-state index in [-0.39, 0.29) is 6.61 Å². The zero-order valence-electron chi connectivity index (χ0n) is 7.66. The zero-order valence-corrected chi connectivity index (χ0v) is 7.66. The van der Waals surface area contributed by atoms with Gasteiger partial charge in [-0.15, -0.1) is 0 Å². The zero-order chi connectivity index (χ0) is 9.10. The van der Waals surface area contributed by atoms with E-state index < -0.39 is 0 Å². The molecule has 1 fully saturated rings. The monoisotopic (exact) mass is 177 g/mol. The molecule has 2 nitrogen and oxygen atoms in total. The highest BCUT2D eigenvalue weighted by Crippen LogP contribution is 2.22. The molecule has 0 saturated carbocycles. The third-order valence-corrected chi connectivity index (χ3v) is 2.62. The van der Waals surface area contributed by atoms with Gasteiger partial charge in [0.1, 0.15) is 0 Å². The van der Waals surface area contributed by atoms with Crippen LogP contribution in [0.2, 0.25) is 0 Å². The summed E-state index contributed by atoms with van der Waals surface area (Å²) >= 11 is 0. The van der Waals surface area contributed by atoms with Gasteiger partial charge in [-0.1, -0.05) is 24.3 Å². The first-order valence-corrected chi connectivity index (χ1v) is 4.83. The molecule has 2 rings (SSSR count). The molecule has 1 aliphatic heterocycles. The predicted molar refractivity (Wildman–Crippen MR) is 52.3 cm³/mol. The molecule has 1 atom stereocenters. The Hall–Kier alpha value is -0.860. The van der Waals surface area contributed by atoms with Crippen molar-refractivity contribution >= 4 is 0 Å². The molecule has 0 bridgehead atoms. The number of nitrogens with one attached hydrogen (secondary N) is 1. The molecule has 0 spiro atoms. The van der Waals surface area contributed by atoms with E-state index in [2.05, 4.69) is 17.4 Å². The summed E-state index contributed by atoms with van der Waals surface area (Å²) in [6, 6.07) is 8.74. The van der Waals surface area contributed by atoms with Gasteiger partial charge in [-0.2, -0.15) is 0 Å². The molecule has 0 aromatic heterocycles. The van der Waals surface area contributed by atoms with E-state index in [0.717, 1.165) is 12.1 Å². The van der Waals surface area contributed by atoms with Crippen molar-refractivity contribution in [2.45, 2.75) is 25.5 Å². The predicted octanol–water partition coefficient (Wildman–Crippen LogP) is 1.60. The highest BCUT2D eigenvalue weighted by atomic mass is 16.3. The van der Waals surface area contributed by atoms with E-state index in [1.807, 2.05) is 12.1 Å². The highest BCUT2D eigenvalue weighted by molar-refractivity contribution is 5.25. The van der Waals surface area contributed by atoms with E-state index in [1.54, 1.807) is 0 Å². The smallest absolute Gasteiger partial charge is 0.0681 e. The molecule has 13 heavy (non-hydrogen) atoms. The molecule has 1 aliphatic rings. The summed E-state index contributed by atoms with van der Waals surface area (Å²) in [5.41, 5.74) is 2.33. The van der Waals surface area contributed by atoms with Gasteiger partial charge < -0.3 is 10.4 Å². The third kappa shape index (κ3) is 1.90. The summed E-state index contributed by atoms with van der Waals surface area (Å²) in [5, 5.41) is 12.3. The van der Waals surface area contributed by atoms with Crippen molar-refractivity contribution in [1.29, 1.82) is 0 Å². The summed E-state index contributed by atoms with van der Waals surface area (Å²) < 4.78 is 0. The molecule has 0 radical (unpaired) electrons. The maximum atomic E-state index is 8.88. The average molecular weight is 177 g/mol. The normalized spacial score (nSPS) is 22.1. The minimum absolute atomic E-state index is 0.137. The van der Waals surface area contributed by atoms with Crippen LogP contribution >= 0.6 is 0 Å². The quantitative estimate of drug-likeness (QED) is 0.719. The largest absolute Gasteiger partial charge is 0.392 e. The fraction of sp³-hybridized carbons (Fsp3) is 0.455. The lowest BCUT2D eigenvalue weighted by molar-refractivity contribution is 0.282. The Bertz CT molecular complexity index is 262. The molecule has 2 heteroatoms. The Labute approximate surface area is 78.6 Å². The Morgan fingerprint density at radius 2 is 2.08 bits per heavy atom. The van der Waals surface area contributed by atoms with Crippen molar-refractivity contribution < 1.29 is 5.11 Å². The molecule has 1 aromatic rings.